The minimum absolute atomic E-state index is 0.243. The molecule has 0 radical (unpaired) electrons. The minimum atomic E-state index is -4.71. The van der Waals surface area contributed by atoms with E-state index in [1.807, 2.05) is 4.72 Å². The Morgan fingerprint density at radius 3 is 2.15 bits per heavy atom. The number of nitrogens with zero attached hydrogens (tertiary/aromatic N) is 2. The highest BCUT2D eigenvalue weighted by molar-refractivity contribution is 7.87. The summed E-state index contributed by atoms with van der Waals surface area (Å²) in [6.07, 6.45) is -3.58. The van der Waals surface area contributed by atoms with Crippen LogP contribution in [0.1, 0.15) is 12.5 Å². The Morgan fingerprint density at radius 1 is 1.27 bits per heavy atom. The molecule has 0 fully saturated rings. The van der Waals surface area contributed by atoms with Crippen molar-refractivity contribution < 1.29 is 26.4 Å². The molecule has 1 aromatic rings. The van der Waals surface area contributed by atoms with Gasteiger partial charge in [-0.25, -0.2) is 9.73 Å². The first-order valence-electron chi connectivity index (χ1n) is 6.88. The van der Waals surface area contributed by atoms with Crippen LogP contribution >= 0.6 is 23.2 Å². The second-order valence-corrected chi connectivity index (χ2v) is 7.77. The van der Waals surface area contributed by atoms with Gasteiger partial charge in [-0.15, -0.1) is 0 Å². The van der Waals surface area contributed by atoms with Crippen molar-refractivity contribution in [2.75, 3.05) is 12.1 Å². The predicted octanol–water partition coefficient (Wildman–Crippen LogP) is 2.27. The van der Waals surface area contributed by atoms with E-state index in [0.717, 1.165) is 25.1 Å². The number of Topliss-reactive ketones (excluding diaryl/α,β-unsaturated/α-hetero) is 1. The van der Waals surface area contributed by atoms with Gasteiger partial charge >= 0.3 is 6.18 Å². The van der Waals surface area contributed by atoms with Crippen molar-refractivity contribution in [3.8, 4) is 0 Å². The summed E-state index contributed by atoms with van der Waals surface area (Å²) < 4.78 is 66.0. The van der Waals surface area contributed by atoms with E-state index in [-0.39, 0.29) is 11.5 Å². The largest absolute Gasteiger partial charge is 0.416 e. The van der Waals surface area contributed by atoms with Crippen LogP contribution in [0.5, 0.6) is 0 Å². The fourth-order valence-electron chi connectivity index (χ4n) is 2.32. The zero-order valence-corrected chi connectivity index (χ0v) is 15.6. The Bertz CT molecular complexity index is 866. The summed E-state index contributed by atoms with van der Waals surface area (Å²) in [5.74, 6) is -0.819. The molecule has 0 aromatic heterocycles. The summed E-state index contributed by atoms with van der Waals surface area (Å²) >= 11 is 11.9. The lowest BCUT2D eigenvalue weighted by molar-refractivity contribution is -0.137. The highest BCUT2D eigenvalue weighted by Crippen LogP contribution is 2.43. The second-order valence-electron chi connectivity index (χ2n) is 5.23. The van der Waals surface area contributed by atoms with Gasteiger partial charge in [-0.05, 0) is 25.1 Å². The number of alkyl halides is 3. The second kappa shape index (κ2) is 6.89. The van der Waals surface area contributed by atoms with E-state index >= 15 is 0 Å². The number of hydrogen-bond donors (Lipinski definition) is 2. The summed E-state index contributed by atoms with van der Waals surface area (Å²) in [5.41, 5.74) is 4.38. The van der Waals surface area contributed by atoms with Crippen LogP contribution in [0.2, 0.25) is 10.0 Å². The third-order valence-corrected chi connectivity index (χ3v) is 5.46. The Hall–Kier alpha value is -1.53. The Labute approximate surface area is 157 Å². The average molecular weight is 433 g/mol. The molecular weight excluding hydrogens is 420 g/mol. The SMILES string of the molecule is CNS(=O)(=O)N1C(C(C)=O)C=C(N)N1c1c(Cl)cc(C(F)(F)F)cc1Cl. The molecule has 26 heavy (non-hydrogen) atoms. The van der Waals surface area contributed by atoms with E-state index in [4.69, 9.17) is 28.9 Å². The van der Waals surface area contributed by atoms with Crippen molar-refractivity contribution in [2.24, 2.45) is 5.73 Å². The standard InChI is InChI=1S/C13H13Cl2F3N4O3S/c1-6(23)10-5-11(19)21(22(10)26(24,25)20-2)12-8(14)3-7(4-9(12)15)13(16,17)18/h3-5,10,20H,19H2,1-2H3. The van der Waals surface area contributed by atoms with Crippen molar-refractivity contribution >= 4 is 44.9 Å². The highest BCUT2D eigenvalue weighted by atomic mass is 35.5. The zero-order chi connectivity index (χ0) is 20.0. The molecule has 7 nitrogen and oxygen atoms in total. The van der Waals surface area contributed by atoms with E-state index in [2.05, 4.69) is 0 Å². The van der Waals surface area contributed by atoms with E-state index in [0.29, 0.717) is 16.5 Å². The summed E-state index contributed by atoms with van der Waals surface area (Å²) in [5, 5.41) is -0.216. The number of hydrazine groups is 1. The molecule has 0 saturated carbocycles. The van der Waals surface area contributed by atoms with Crippen LogP contribution in [0.4, 0.5) is 18.9 Å². The fourth-order valence-corrected chi connectivity index (χ4v) is 4.05. The molecule has 0 saturated heterocycles. The molecule has 144 valence electrons. The summed E-state index contributed by atoms with van der Waals surface area (Å²) in [7, 11) is -3.19. The van der Waals surface area contributed by atoms with E-state index in [9.17, 15) is 26.4 Å². The monoisotopic (exact) mass is 432 g/mol. The van der Waals surface area contributed by atoms with Gasteiger partial charge in [0.25, 0.3) is 10.2 Å². The molecule has 1 aliphatic heterocycles. The Kier molecular flexibility index (Phi) is 5.51. The lowest BCUT2D eigenvalue weighted by Crippen LogP contribution is -2.53. The molecule has 13 heteroatoms. The number of carbonyl (C=O) groups is 1. The molecular formula is C13H13Cl2F3N4O3S. The van der Waals surface area contributed by atoms with Crippen LogP contribution in [0.3, 0.4) is 0 Å². The van der Waals surface area contributed by atoms with Gasteiger partial charge in [0.15, 0.2) is 5.78 Å². The fraction of sp³-hybridized carbons (Fsp3) is 0.308. The lowest BCUT2D eigenvalue weighted by Gasteiger charge is -2.33. The maximum absolute atomic E-state index is 12.9. The molecule has 0 spiro atoms. The van der Waals surface area contributed by atoms with E-state index in [1.165, 1.54) is 0 Å². The normalized spacial score (nSPS) is 19.0. The number of rotatable bonds is 4. The van der Waals surface area contributed by atoms with Crippen molar-refractivity contribution in [1.29, 1.82) is 0 Å². The third-order valence-electron chi connectivity index (χ3n) is 3.49. The van der Waals surface area contributed by atoms with Crippen molar-refractivity contribution in [3.63, 3.8) is 0 Å². The van der Waals surface area contributed by atoms with Crippen molar-refractivity contribution in [1.82, 2.24) is 9.14 Å². The average Bonchev–Trinajstić information content (AvgIpc) is 2.84. The van der Waals surface area contributed by atoms with Crippen LogP contribution in [0.25, 0.3) is 0 Å². The smallest absolute Gasteiger partial charge is 0.384 e. The molecule has 1 aliphatic rings. The van der Waals surface area contributed by atoms with Crippen molar-refractivity contribution in [3.05, 3.63) is 39.6 Å². The number of ketones is 1. The van der Waals surface area contributed by atoms with E-state index < -0.39 is 43.8 Å². The predicted molar refractivity (Wildman–Crippen MR) is 90.5 cm³/mol. The molecule has 0 aliphatic carbocycles. The highest BCUT2D eigenvalue weighted by Gasteiger charge is 2.44. The molecule has 1 aromatic carbocycles. The Morgan fingerprint density at radius 2 is 1.77 bits per heavy atom. The van der Waals surface area contributed by atoms with Crippen LogP contribution in [0.15, 0.2) is 24.0 Å². The van der Waals surface area contributed by atoms with Crippen LogP contribution < -0.4 is 15.5 Å². The van der Waals surface area contributed by atoms with Crippen LogP contribution in [-0.4, -0.2) is 31.7 Å². The molecule has 1 unspecified atom stereocenters. The van der Waals surface area contributed by atoms with Gasteiger partial charge in [0.05, 0.1) is 21.3 Å². The first-order valence-corrected chi connectivity index (χ1v) is 9.07. The lowest BCUT2D eigenvalue weighted by atomic mass is 10.2. The topological polar surface area (TPSA) is 95.7 Å². The van der Waals surface area contributed by atoms with E-state index in [1.54, 1.807) is 0 Å². The number of halogens is 5. The Balaban J connectivity index is 2.69. The maximum atomic E-state index is 12.9. The van der Waals surface area contributed by atoms with Gasteiger partial charge in [-0.3, -0.25) is 4.79 Å². The van der Waals surface area contributed by atoms with Crippen molar-refractivity contribution in [2.45, 2.75) is 19.1 Å². The number of carbonyl (C=O) groups excluding carboxylic acids is 1. The molecule has 0 amide bonds. The number of hydrogen-bond acceptors (Lipinski definition) is 5. The molecule has 2 rings (SSSR count). The molecule has 1 heterocycles. The number of benzene rings is 1. The summed E-state index contributed by atoms with van der Waals surface area (Å²) in [6, 6.07) is -0.148. The van der Waals surface area contributed by atoms with Gasteiger partial charge in [0.1, 0.15) is 11.9 Å². The minimum Gasteiger partial charge on any atom is -0.384 e. The zero-order valence-electron chi connectivity index (χ0n) is 13.3. The third kappa shape index (κ3) is 3.62. The number of nitrogens with one attached hydrogen (secondary N) is 1. The summed E-state index contributed by atoms with van der Waals surface area (Å²) in [6.45, 7) is 1.13. The number of nitrogens with two attached hydrogens (primary N) is 1. The molecule has 3 N–H and O–H groups in total. The van der Waals surface area contributed by atoms with Gasteiger partial charge in [-0.1, -0.05) is 27.6 Å². The first kappa shape index (κ1) is 20.8. The first-order chi connectivity index (χ1) is 11.8. The maximum Gasteiger partial charge on any atom is 0.416 e. The van der Waals surface area contributed by atoms with Gasteiger partial charge in [0, 0.05) is 7.05 Å². The van der Waals surface area contributed by atoms with Gasteiger partial charge in [0.2, 0.25) is 0 Å². The van der Waals surface area contributed by atoms with Crippen LogP contribution in [0, 0.1) is 0 Å². The van der Waals surface area contributed by atoms with Gasteiger partial charge < -0.3 is 5.73 Å². The summed E-state index contributed by atoms with van der Waals surface area (Å²) in [4.78, 5) is 11.8. The quantitative estimate of drug-likeness (QED) is 0.760. The van der Waals surface area contributed by atoms with Gasteiger partial charge in [-0.2, -0.15) is 21.6 Å². The number of anilines is 1. The molecule has 1 atom stereocenters. The van der Waals surface area contributed by atoms with Crippen LogP contribution in [-0.2, 0) is 21.2 Å². The molecule has 0 bridgehead atoms.